The van der Waals surface area contributed by atoms with Gasteiger partial charge in [0.25, 0.3) is 0 Å². The highest BCUT2D eigenvalue weighted by Crippen LogP contribution is 2.28. The molecule has 0 fully saturated rings. The van der Waals surface area contributed by atoms with E-state index < -0.39 is 0 Å². The summed E-state index contributed by atoms with van der Waals surface area (Å²) in [5.41, 5.74) is 3.97. The van der Waals surface area contributed by atoms with Crippen molar-refractivity contribution in [3.05, 3.63) is 70.8 Å². The molecule has 26 heavy (non-hydrogen) atoms. The molecule has 132 valence electrons. The van der Waals surface area contributed by atoms with Crippen LogP contribution in [0.25, 0.3) is 0 Å². The van der Waals surface area contributed by atoms with E-state index in [-0.39, 0.29) is 23.5 Å². The van der Waals surface area contributed by atoms with Gasteiger partial charge in [0.2, 0.25) is 5.91 Å². The van der Waals surface area contributed by atoms with Gasteiger partial charge in [-0.05, 0) is 29.7 Å². The number of amides is 1. The van der Waals surface area contributed by atoms with Crippen LogP contribution in [0.1, 0.15) is 48.4 Å². The van der Waals surface area contributed by atoms with Crippen LogP contribution in [0, 0.1) is 17.8 Å². The number of Topliss-reactive ketones (excluding diaryl/α,β-unsaturated/α-hetero) is 1. The fraction of sp³-hybridized carbons (Fsp3) is 0.304. The molecule has 3 nitrogen and oxygen atoms in total. The van der Waals surface area contributed by atoms with Crippen molar-refractivity contribution in [1.29, 1.82) is 0 Å². The molecule has 0 bridgehead atoms. The normalized spacial score (nSPS) is 15.0. The quantitative estimate of drug-likeness (QED) is 0.844. The van der Waals surface area contributed by atoms with E-state index in [1.807, 2.05) is 62.4 Å². The highest BCUT2D eigenvalue weighted by Gasteiger charge is 2.25. The molecule has 1 amide bonds. The van der Waals surface area contributed by atoms with E-state index in [4.69, 9.17) is 0 Å². The lowest BCUT2D eigenvalue weighted by Gasteiger charge is -2.20. The lowest BCUT2D eigenvalue weighted by atomic mass is 9.82. The number of fused-ring (bicyclic) bond motifs is 2. The topological polar surface area (TPSA) is 46.2 Å². The number of benzene rings is 2. The molecule has 0 aromatic heterocycles. The van der Waals surface area contributed by atoms with E-state index in [0.29, 0.717) is 19.4 Å². The lowest BCUT2D eigenvalue weighted by molar-refractivity contribution is -0.124. The summed E-state index contributed by atoms with van der Waals surface area (Å²) in [7, 11) is 0. The van der Waals surface area contributed by atoms with Gasteiger partial charge < -0.3 is 5.32 Å². The third-order valence-electron chi connectivity index (χ3n) is 4.69. The summed E-state index contributed by atoms with van der Waals surface area (Å²) in [5.74, 6) is 6.26. The van der Waals surface area contributed by atoms with Gasteiger partial charge in [-0.25, -0.2) is 0 Å². The van der Waals surface area contributed by atoms with Crippen molar-refractivity contribution >= 4 is 11.7 Å². The molecule has 1 atom stereocenters. The number of ketones is 1. The largest absolute Gasteiger partial charge is 0.355 e. The van der Waals surface area contributed by atoms with E-state index in [1.165, 1.54) is 0 Å². The molecule has 0 radical (unpaired) electrons. The zero-order chi connectivity index (χ0) is 18.5. The van der Waals surface area contributed by atoms with E-state index in [0.717, 1.165) is 22.3 Å². The van der Waals surface area contributed by atoms with Crippen LogP contribution >= 0.6 is 0 Å². The molecule has 1 unspecified atom stereocenters. The fourth-order valence-electron chi connectivity index (χ4n) is 3.17. The number of hydrogen-bond donors (Lipinski definition) is 1. The maximum Gasteiger partial charge on any atom is 0.222 e. The molecule has 3 rings (SSSR count). The minimum absolute atomic E-state index is 0.0212. The van der Waals surface area contributed by atoms with Crippen molar-refractivity contribution in [2.45, 2.75) is 32.6 Å². The van der Waals surface area contributed by atoms with E-state index in [1.54, 1.807) is 0 Å². The van der Waals surface area contributed by atoms with Gasteiger partial charge in [-0.3, -0.25) is 9.59 Å². The zero-order valence-electron chi connectivity index (χ0n) is 15.2. The van der Waals surface area contributed by atoms with Crippen molar-refractivity contribution in [3.8, 4) is 11.8 Å². The first kappa shape index (κ1) is 17.9. The maximum absolute atomic E-state index is 13.0. The van der Waals surface area contributed by atoms with Gasteiger partial charge >= 0.3 is 0 Å². The van der Waals surface area contributed by atoms with E-state index in [2.05, 4.69) is 17.2 Å². The Labute approximate surface area is 154 Å². The Bertz CT molecular complexity index is 886. The Balaban J connectivity index is 1.85. The molecule has 0 aliphatic heterocycles. The summed E-state index contributed by atoms with van der Waals surface area (Å²) in [4.78, 5) is 24.7. The highest BCUT2D eigenvalue weighted by molar-refractivity contribution is 5.88. The molecule has 1 aliphatic carbocycles. The van der Waals surface area contributed by atoms with Crippen molar-refractivity contribution in [1.82, 2.24) is 5.32 Å². The second-order valence-corrected chi connectivity index (χ2v) is 6.91. The Morgan fingerprint density at radius 3 is 2.46 bits per heavy atom. The van der Waals surface area contributed by atoms with Gasteiger partial charge in [0.05, 0.1) is 0 Å². The SMILES string of the molecule is CC(C)C(=O)NCCC(=O)C1Cc2ccccc2C#Cc2ccccc21. The van der Waals surface area contributed by atoms with Gasteiger partial charge in [-0.15, -0.1) is 0 Å². The number of hydrogen-bond acceptors (Lipinski definition) is 2. The second-order valence-electron chi connectivity index (χ2n) is 6.91. The minimum atomic E-state index is -0.238. The first-order valence-electron chi connectivity index (χ1n) is 9.05. The molecular formula is C23H23NO2. The van der Waals surface area contributed by atoms with Gasteiger partial charge in [0.1, 0.15) is 5.78 Å². The number of carbonyl (C=O) groups is 2. The van der Waals surface area contributed by atoms with Crippen LogP contribution in [0.5, 0.6) is 0 Å². The average molecular weight is 345 g/mol. The average Bonchev–Trinajstić information content (AvgIpc) is 2.63. The maximum atomic E-state index is 13.0. The van der Waals surface area contributed by atoms with Gasteiger partial charge in [-0.1, -0.05) is 62.1 Å². The highest BCUT2D eigenvalue weighted by atomic mass is 16.2. The molecule has 0 saturated carbocycles. The van der Waals surface area contributed by atoms with Gasteiger partial charge in [0.15, 0.2) is 0 Å². The smallest absolute Gasteiger partial charge is 0.222 e. The molecule has 3 heteroatoms. The van der Waals surface area contributed by atoms with E-state index >= 15 is 0 Å². The molecule has 1 N–H and O–H groups in total. The van der Waals surface area contributed by atoms with E-state index in [9.17, 15) is 9.59 Å². The van der Waals surface area contributed by atoms with Crippen LogP contribution in [0.15, 0.2) is 48.5 Å². The monoisotopic (exact) mass is 345 g/mol. The van der Waals surface area contributed by atoms with Crippen LogP contribution in [0.2, 0.25) is 0 Å². The Hall–Kier alpha value is -2.86. The second kappa shape index (κ2) is 8.01. The molecular weight excluding hydrogens is 322 g/mol. The summed E-state index contributed by atoms with van der Waals surface area (Å²) in [6, 6.07) is 15.9. The Morgan fingerprint density at radius 1 is 1.04 bits per heavy atom. The lowest BCUT2D eigenvalue weighted by Crippen LogP contribution is -2.31. The molecule has 2 aromatic rings. The molecule has 2 aromatic carbocycles. The van der Waals surface area contributed by atoms with Crippen LogP contribution in [0.4, 0.5) is 0 Å². The van der Waals surface area contributed by atoms with Crippen LogP contribution in [0.3, 0.4) is 0 Å². The standard InChI is InChI=1S/C23H23NO2/c1-16(2)23(26)24-14-13-22(25)21-15-19-9-4-3-7-17(19)11-12-18-8-5-6-10-20(18)21/h3-10,16,21H,13-15H2,1-2H3,(H,24,26). The summed E-state index contributed by atoms with van der Waals surface area (Å²) in [6.07, 6.45) is 0.964. The zero-order valence-corrected chi connectivity index (χ0v) is 15.2. The third-order valence-corrected chi connectivity index (χ3v) is 4.69. The molecule has 0 spiro atoms. The van der Waals surface area contributed by atoms with Crippen LogP contribution in [-0.4, -0.2) is 18.2 Å². The van der Waals surface area contributed by atoms with Gasteiger partial charge in [-0.2, -0.15) is 0 Å². The van der Waals surface area contributed by atoms with Gasteiger partial charge in [0, 0.05) is 35.9 Å². The first-order valence-corrected chi connectivity index (χ1v) is 9.05. The number of carbonyl (C=O) groups excluding carboxylic acids is 2. The number of nitrogens with one attached hydrogen (secondary N) is 1. The van der Waals surface area contributed by atoms with Crippen molar-refractivity contribution < 1.29 is 9.59 Å². The first-order chi connectivity index (χ1) is 12.6. The van der Waals surface area contributed by atoms with Crippen molar-refractivity contribution in [2.24, 2.45) is 5.92 Å². The molecule has 1 aliphatic rings. The summed E-state index contributed by atoms with van der Waals surface area (Å²) >= 11 is 0. The Morgan fingerprint density at radius 2 is 1.69 bits per heavy atom. The fourth-order valence-corrected chi connectivity index (χ4v) is 3.17. The summed E-state index contributed by atoms with van der Waals surface area (Å²) < 4.78 is 0. The predicted octanol–water partition coefficient (Wildman–Crippen LogP) is 3.46. The summed E-state index contributed by atoms with van der Waals surface area (Å²) in [5, 5.41) is 2.84. The molecule has 0 heterocycles. The Kier molecular flexibility index (Phi) is 5.53. The van der Waals surface area contributed by atoms with Crippen LogP contribution in [-0.2, 0) is 16.0 Å². The van der Waals surface area contributed by atoms with Crippen molar-refractivity contribution in [2.75, 3.05) is 6.54 Å². The predicted molar refractivity (Wildman–Crippen MR) is 103 cm³/mol. The molecule has 0 saturated heterocycles. The minimum Gasteiger partial charge on any atom is -0.355 e. The third kappa shape index (κ3) is 4.03. The van der Waals surface area contributed by atoms with Crippen molar-refractivity contribution in [3.63, 3.8) is 0 Å². The van der Waals surface area contributed by atoms with Crippen LogP contribution < -0.4 is 5.32 Å². The summed E-state index contributed by atoms with van der Waals surface area (Å²) in [6.45, 7) is 4.07. The number of rotatable bonds is 5.